The van der Waals surface area contributed by atoms with E-state index in [2.05, 4.69) is 10.1 Å². The maximum absolute atomic E-state index is 5.73. The van der Waals surface area contributed by atoms with Crippen LogP contribution in [0, 0.1) is 0 Å². The van der Waals surface area contributed by atoms with Crippen molar-refractivity contribution in [3.63, 3.8) is 0 Å². The minimum atomic E-state index is -0.161. The van der Waals surface area contributed by atoms with Crippen molar-refractivity contribution in [1.29, 1.82) is 0 Å². The molecule has 1 heterocycles. The largest absolute Gasteiger partial charge is 0.493 e. The number of hydrogen-bond donors (Lipinski definition) is 1. The predicted octanol–water partition coefficient (Wildman–Crippen LogP) is 1.36. The van der Waals surface area contributed by atoms with Crippen LogP contribution in [0.5, 0.6) is 11.5 Å². The minimum Gasteiger partial charge on any atom is -0.493 e. The Morgan fingerprint density at radius 1 is 1.26 bits per heavy atom. The van der Waals surface area contributed by atoms with E-state index in [9.17, 15) is 0 Å². The number of benzene rings is 1. The molecule has 1 aromatic carbocycles. The quantitative estimate of drug-likeness (QED) is 0.880. The van der Waals surface area contributed by atoms with Crippen molar-refractivity contribution < 1.29 is 9.47 Å². The van der Waals surface area contributed by atoms with Crippen molar-refractivity contribution >= 4 is 0 Å². The van der Waals surface area contributed by atoms with Crippen molar-refractivity contribution in [2.24, 2.45) is 5.73 Å². The fourth-order valence-corrected chi connectivity index (χ4v) is 1.76. The van der Waals surface area contributed by atoms with Crippen LogP contribution in [0.15, 0.2) is 24.5 Å². The molecule has 19 heavy (non-hydrogen) atoms. The molecule has 6 heteroatoms. The Kier molecular flexibility index (Phi) is 4.01. The van der Waals surface area contributed by atoms with Crippen LogP contribution >= 0.6 is 0 Å². The van der Waals surface area contributed by atoms with E-state index in [0.29, 0.717) is 23.9 Å². The van der Waals surface area contributed by atoms with Gasteiger partial charge in [-0.05, 0) is 24.6 Å². The first kappa shape index (κ1) is 13.4. The van der Waals surface area contributed by atoms with Gasteiger partial charge in [0, 0.05) is 0 Å². The summed E-state index contributed by atoms with van der Waals surface area (Å²) in [6, 6.07) is 5.60. The summed E-state index contributed by atoms with van der Waals surface area (Å²) in [6.45, 7) is 2.47. The minimum absolute atomic E-state index is 0.161. The summed E-state index contributed by atoms with van der Waals surface area (Å²) in [5.74, 6) is 2.05. The number of methoxy groups -OCH3 is 2. The van der Waals surface area contributed by atoms with Gasteiger partial charge in [-0.25, -0.2) is 9.67 Å². The van der Waals surface area contributed by atoms with Gasteiger partial charge in [-0.2, -0.15) is 5.10 Å². The van der Waals surface area contributed by atoms with Crippen molar-refractivity contribution in [1.82, 2.24) is 14.8 Å². The maximum Gasteiger partial charge on any atom is 0.166 e. The van der Waals surface area contributed by atoms with Crippen molar-refractivity contribution in [2.75, 3.05) is 14.2 Å². The van der Waals surface area contributed by atoms with Crippen LogP contribution in [-0.2, 0) is 6.54 Å². The molecule has 0 aliphatic carbocycles. The van der Waals surface area contributed by atoms with E-state index in [-0.39, 0.29) is 6.04 Å². The zero-order valence-corrected chi connectivity index (χ0v) is 11.3. The van der Waals surface area contributed by atoms with Gasteiger partial charge in [0.15, 0.2) is 17.3 Å². The van der Waals surface area contributed by atoms with Gasteiger partial charge >= 0.3 is 0 Å². The monoisotopic (exact) mass is 262 g/mol. The van der Waals surface area contributed by atoms with Crippen LogP contribution in [0.4, 0.5) is 0 Å². The second kappa shape index (κ2) is 5.71. The van der Waals surface area contributed by atoms with Crippen molar-refractivity contribution in [3.8, 4) is 11.5 Å². The van der Waals surface area contributed by atoms with Gasteiger partial charge in [0.2, 0.25) is 0 Å². The lowest BCUT2D eigenvalue weighted by Crippen LogP contribution is -2.08. The number of ether oxygens (including phenoxy) is 2. The summed E-state index contributed by atoms with van der Waals surface area (Å²) in [6.07, 6.45) is 1.68. The summed E-state index contributed by atoms with van der Waals surface area (Å²) < 4.78 is 12.2. The van der Waals surface area contributed by atoms with Crippen LogP contribution in [-0.4, -0.2) is 29.0 Å². The van der Waals surface area contributed by atoms with Gasteiger partial charge < -0.3 is 15.2 Å². The molecular weight excluding hydrogens is 244 g/mol. The number of rotatable bonds is 5. The molecule has 0 saturated heterocycles. The highest BCUT2D eigenvalue weighted by molar-refractivity contribution is 5.42. The number of aromatic nitrogens is 3. The van der Waals surface area contributed by atoms with Gasteiger partial charge in [-0.1, -0.05) is 6.07 Å². The highest BCUT2D eigenvalue weighted by Gasteiger charge is 2.08. The van der Waals surface area contributed by atoms with Crippen LogP contribution in [0.25, 0.3) is 0 Å². The summed E-state index contributed by atoms with van der Waals surface area (Å²) in [4.78, 5) is 4.16. The molecule has 0 fully saturated rings. The first-order valence-corrected chi connectivity index (χ1v) is 6.00. The van der Waals surface area contributed by atoms with E-state index in [4.69, 9.17) is 15.2 Å². The van der Waals surface area contributed by atoms with Crippen LogP contribution in [0.2, 0.25) is 0 Å². The van der Waals surface area contributed by atoms with Crippen molar-refractivity contribution in [3.05, 3.63) is 35.9 Å². The smallest absolute Gasteiger partial charge is 0.166 e. The summed E-state index contributed by atoms with van der Waals surface area (Å²) >= 11 is 0. The van der Waals surface area contributed by atoms with E-state index in [0.717, 1.165) is 5.56 Å². The fourth-order valence-electron chi connectivity index (χ4n) is 1.76. The molecule has 102 valence electrons. The number of nitrogens with zero attached hydrogens (tertiary/aromatic N) is 3. The lowest BCUT2D eigenvalue weighted by molar-refractivity contribution is 0.354. The first-order valence-electron chi connectivity index (χ1n) is 6.00. The average molecular weight is 262 g/mol. The fraction of sp³-hybridized carbons (Fsp3) is 0.385. The normalized spacial score (nSPS) is 12.2. The highest BCUT2D eigenvalue weighted by Crippen LogP contribution is 2.27. The molecule has 1 unspecified atom stereocenters. The summed E-state index contributed by atoms with van der Waals surface area (Å²) in [5, 5.41) is 4.31. The number of hydrogen-bond acceptors (Lipinski definition) is 5. The Balaban J connectivity index is 2.18. The highest BCUT2D eigenvalue weighted by atomic mass is 16.5. The van der Waals surface area contributed by atoms with Crippen LogP contribution in [0.1, 0.15) is 24.4 Å². The zero-order valence-electron chi connectivity index (χ0n) is 11.3. The maximum atomic E-state index is 5.73. The second-order valence-corrected chi connectivity index (χ2v) is 4.28. The molecular formula is C13H18N4O2. The average Bonchev–Trinajstić information content (AvgIpc) is 2.87. The Labute approximate surface area is 112 Å². The predicted molar refractivity (Wildman–Crippen MR) is 71.3 cm³/mol. The van der Waals surface area contributed by atoms with Gasteiger partial charge in [-0.15, -0.1) is 0 Å². The van der Waals surface area contributed by atoms with Crippen LogP contribution in [0.3, 0.4) is 0 Å². The SMILES string of the molecule is COc1ccc(Cn2cnc(C(C)N)n2)cc1OC. The molecule has 6 nitrogen and oxygen atoms in total. The molecule has 1 aromatic heterocycles. The topological polar surface area (TPSA) is 75.2 Å². The molecule has 2 N–H and O–H groups in total. The third-order valence-electron chi connectivity index (χ3n) is 2.75. The molecule has 2 rings (SSSR count). The Hall–Kier alpha value is -2.08. The summed E-state index contributed by atoms with van der Waals surface area (Å²) in [7, 11) is 3.23. The molecule has 0 aliphatic heterocycles. The molecule has 1 atom stereocenters. The third kappa shape index (κ3) is 3.03. The van der Waals surface area contributed by atoms with Gasteiger partial charge in [-0.3, -0.25) is 0 Å². The van der Waals surface area contributed by atoms with E-state index in [1.807, 2.05) is 25.1 Å². The Morgan fingerprint density at radius 3 is 2.58 bits per heavy atom. The third-order valence-corrected chi connectivity index (χ3v) is 2.75. The Morgan fingerprint density at radius 2 is 2.00 bits per heavy atom. The molecule has 0 radical (unpaired) electrons. The molecule has 0 bridgehead atoms. The molecule has 0 spiro atoms. The van der Waals surface area contributed by atoms with E-state index < -0.39 is 0 Å². The molecule has 0 saturated carbocycles. The van der Waals surface area contributed by atoms with Crippen LogP contribution < -0.4 is 15.2 Å². The lowest BCUT2D eigenvalue weighted by atomic mass is 10.2. The number of nitrogens with two attached hydrogens (primary N) is 1. The van der Waals surface area contributed by atoms with E-state index >= 15 is 0 Å². The molecule has 0 amide bonds. The summed E-state index contributed by atoms with van der Waals surface area (Å²) in [5.41, 5.74) is 6.78. The molecule has 2 aromatic rings. The zero-order chi connectivity index (χ0) is 13.8. The van der Waals surface area contributed by atoms with E-state index in [1.54, 1.807) is 25.2 Å². The van der Waals surface area contributed by atoms with Gasteiger partial charge in [0.1, 0.15) is 6.33 Å². The second-order valence-electron chi connectivity index (χ2n) is 4.28. The molecule has 0 aliphatic rings. The first-order chi connectivity index (χ1) is 9.13. The van der Waals surface area contributed by atoms with E-state index in [1.165, 1.54) is 0 Å². The van der Waals surface area contributed by atoms with Crippen molar-refractivity contribution in [2.45, 2.75) is 19.5 Å². The Bertz CT molecular complexity index is 551. The van der Waals surface area contributed by atoms with Gasteiger partial charge in [0.05, 0.1) is 26.8 Å². The standard InChI is InChI=1S/C13H18N4O2/c1-9(14)13-15-8-17(16-13)7-10-4-5-11(18-2)12(6-10)19-3/h4-6,8-9H,7,14H2,1-3H3. The lowest BCUT2D eigenvalue weighted by Gasteiger charge is -2.09. The van der Waals surface area contributed by atoms with Gasteiger partial charge in [0.25, 0.3) is 0 Å².